The van der Waals surface area contributed by atoms with Gasteiger partial charge in [-0.3, -0.25) is 14.4 Å². The van der Waals surface area contributed by atoms with Gasteiger partial charge in [0.1, 0.15) is 5.92 Å². The normalized spacial score (nSPS) is 19.5. The van der Waals surface area contributed by atoms with Gasteiger partial charge >= 0.3 is 5.97 Å². The second-order valence-electron chi connectivity index (χ2n) is 5.22. The Morgan fingerprint density at radius 2 is 2.05 bits per heavy atom. The number of esters is 1. The van der Waals surface area contributed by atoms with Crippen LogP contribution in [0.1, 0.15) is 58.8 Å². The summed E-state index contributed by atoms with van der Waals surface area (Å²) in [5.74, 6) is -1.48. The number of unbranched alkanes of at least 4 members (excludes halogenated alkanes) is 3. The van der Waals surface area contributed by atoms with Crippen LogP contribution < -0.4 is 5.32 Å². The zero-order chi connectivity index (χ0) is 15.0. The highest BCUT2D eigenvalue weighted by atomic mass is 16.5. The molecule has 1 aliphatic heterocycles. The molecule has 1 aliphatic rings. The zero-order valence-electron chi connectivity index (χ0n) is 12.4. The number of nitrogens with one attached hydrogen (secondary N) is 1. The molecule has 1 fully saturated rings. The van der Waals surface area contributed by atoms with E-state index in [1.54, 1.807) is 6.92 Å². The number of hydrogen-bond donors (Lipinski definition) is 1. The van der Waals surface area contributed by atoms with Crippen molar-refractivity contribution in [2.24, 2.45) is 5.92 Å². The summed E-state index contributed by atoms with van der Waals surface area (Å²) in [5, 5.41) is 2.64. The maximum atomic E-state index is 12.4. The third kappa shape index (κ3) is 4.94. The molecule has 20 heavy (non-hydrogen) atoms. The fourth-order valence-corrected chi connectivity index (χ4v) is 2.46. The number of Topliss-reactive ketones (excluding diaryl/α,β-unsaturated/α-hetero) is 1. The lowest BCUT2D eigenvalue weighted by Crippen LogP contribution is -2.40. The highest BCUT2D eigenvalue weighted by Crippen LogP contribution is 2.19. The second kappa shape index (κ2) is 8.72. The Balaban J connectivity index is 2.58. The fraction of sp³-hybridized carbons (Fsp3) is 0.800. The molecule has 1 amide bonds. The average Bonchev–Trinajstić information content (AvgIpc) is 2.85. The van der Waals surface area contributed by atoms with Crippen LogP contribution in [0.2, 0.25) is 0 Å². The predicted molar refractivity (Wildman–Crippen MR) is 75.1 cm³/mol. The third-order valence-corrected chi connectivity index (χ3v) is 3.60. The van der Waals surface area contributed by atoms with Crippen molar-refractivity contribution in [3.63, 3.8) is 0 Å². The van der Waals surface area contributed by atoms with E-state index in [1.165, 1.54) is 0 Å². The first-order valence-corrected chi connectivity index (χ1v) is 7.59. The van der Waals surface area contributed by atoms with Crippen molar-refractivity contribution < 1.29 is 19.1 Å². The van der Waals surface area contributed by atoms with Crippen LogP contribution in [0.3, 0.4) is 0 Å². The lowest BCUT2D eigenvalue weighted by atomic mass is 9.91. The standard InChI is InChI=1S/C15H25NO4/c1-3-5-6-7-8-11(15(19)20-4-2)14(18)12-9-10-13(17)16-12/h11-12H,3-10H2,1-2H3,(H,16,17)/t11?,12-/m0/s1. The van der Waals surface area contributed by atoms with Crippen LogP contribution in [0.15, 0.2) is 0 Å². The molecule has 2 atom stereocenters. The molecular weight excluding hydrogens is 258 g/mol. The molecule has 0 aromatic carbocycles. The molecule has 114 valence electrons. The maximum absolute atomic E-state index is 12.4. The van der Waals surface area contributed by atoms with E-state index in [-0.39, 0.29) is 18.3 Å². The van der Waals surface area contributed by atoms with E-state index in [1.807, 2.05) is 0 Å². The molecule has 0 saturated carbocycles. The van der Waals surface area contributed by atoms with E-state index in [0.717, 1.165) is 25.7 Å². The van der Waals surface area contributed by atoms with E-state index in [9.17, 15) is 14.4 Å². The van der Waals surface area contributed by atoms with Gasteiger partial charge in [-0.25, -0.2) is 0 Å². The average molecular weight is 283 g/mol. The van der Waals surface area contributed by atoms with E-state index < -0.39 is 17.9 Å². The van der Waals surface area contributed by atoms with Gasteiger partial charge in [-0.05, 0) is 19.8 Å². The summed E-state index contributed by atoms with van der Waals surface area (Å²) >= 11 is 0. The highest BCUT2D eigenvalue weighted by Gasteiger charge is 2.36. The number of ether oxygens (including phenoxy) is 1. The summed E-state index contributed by atoms with van der Waals surface area (Å²) in [6.45, 7) is 4.12. The molecule has 0 aromatic heterocycles. The van der Waals surface area contributed by atoms with Gasteiger partial charge in [0.15, 0.2) is 5.78 Å². The monoisotopic (exact) mass is 283 g/mol. The summed E-state index contributed by atoms with van der Waals surface area (Å²) < 4.78 is 5.00. The first-order valence-electron chi connectivity index (χ1n) is 7.59. The quantitative estimate of drug-likeness (QED) is 0.399. The number of amides is 1. The van der Waals surface area contributed by atoms with Gasteiger partial charge < -0.3 is 10.1 Å². The maximum Gasteiger partial charge on any atom is 0.316 e. The molecule has 0 aliphatic carbocycles. The molecular formula is C15H25NO4. The summed E-state index contributed by atoms with van der Waals surface area (Å²) in [7, 11) is 0. The molecule has 1 saturated heterocycles. The van der Waals surface area contributed by atoms with Crippen molar-refractivity contribution in [1.82, 2.24) is 5.32 Å². The molecule has 0 bridgehead atoms. The van der Waals surface area contributed by atoms with Gasteiger partial charge in [0.05, 0.1) is 12.6 Å². The number of carbonyl (C=O) groups is 3. The fourth-order valence-electron chi connectivity index (χ4n) is 2.46. The highest BCUT2D eigenvalue weighted by molar-refractivity contribution is 6.04. The SMILES string of the molecule is CCCCCCC(C(=O)OCC)C(=O)[C@@H]1CCC(=O)N1. The van der Waals surface area contributed by atoms with Crippen molar-refractivity contribution in [3.8, 4) is 0 Å². The van der Waals surface area contributed by atoms with Crippen LogP contribution in [0.25, 0.3) is 0 Å². The topological polar surface area (TPSA) is 72.5 Å². The minimum atomic E-state index is -0.727. The Hall–Kier alpha value is -1.39. The minimum Gasteiger partial charge on any atom is -0.465 e. The smallest absolute Gasteiger partial charge is 0.316 e. The molecule has 0 aromatic rings. The van der Waals surface area contributed by atoms with E-state index >= 15 is 0 Å². The molecule has 1 N–H and O–H groups in total. The van der Waals surface area contributed by atoms with Gasteiger partial charge in [-0.2, -0.15) is 0 Å². The molecule has 5 heteroatoms. The number of hydrogen-bond acceptors (Lipinski definition) is 4. The number of rotatable bonds is 9. The van der Waals surface area contributed by atoms with Gasteiger partial charge in [-0.1, -0.05) is 32.6 Å². The van der Waals surface area contributed by atoms with E-state index in [4.69, 9.17) is 4.74 Å². The van der Waals surface area contributed by atoms with Crippen LogP contribution in [0, 0.1) is 5.92 Å². The van der Waals surface area contributed by atoms with E-state index in [0.29, 0.717) is 19.3 Å². The Morgan fingerprint density at radius 3 is 2.60 bits per heavy atom. The minimum absolute atomic E-state index is 0.114. The molecule has 1 rings (SSSR count). The Kier molecular flexibility index (Phi) is 7.26. The Labute approximate surface area is 120 Å². The molecule has 1 unspecified atom stereocenters. The lowest BCUT2D eigenvalue weighted by Gasteiger charge is -2.18. The van der Waals surface area contributed by atoms with Crippen LogP contribution in [0.5, 0.6) is 0 Å². The van der Waals surface area contributed by atoms with Gasteiger partial charge in [-0.15, -0.1) is 0 Å². The van der Waals surface area contributed by atoms with Crippen molar-refractivity contribution >= 4 is 17.7 Å². The van der Waals surface area contributed by atoms with Gasteiger partial charge in [0.25, 0.3) is 0 Å². The molecule has 0 spiro atoms. The largest absolute Gasteiger partial charge is 0.465 e. The van der Waals surface area contributed by atoms with E-state index in [2.05, 4.69) is 12.2 Å². The lowest BCUT2D eigenvalue weighted by molar-refractivity contribution is -0.152. The van der Waals surface area contributed by atoms with Crippen LogP contribution >= 0.6 is 0 Å². The summed E-state index contributed by atoms with van der Waals surface area (Å²) in [4.78, 5) is 35.5. The van der Waals surface area contributed by atoms with Gasteiger partial charge in [0, 0.05) is 6.42 Å². The second-order valence-corrected chi connectivity index (χ2v) is 5.22. The molecule has 1 heterocycles. The number of ketones is 1. The predicted octanol–water partition coefficient (Wildman–Crippen LogP) is 1.98. The Bertz CT molecular complexity index is 354. The van der Waals surface area contributed by atoms with Gasteiger partial charge in [0.2, 0.25) is 5.91 Å². The molecule has 5 nitrogen and oxygen atoms in total. The van der Waals surface area contributed by atoms with Crippen LogP contribution in [0.4, 0.5) is 0 Å². The number of carbonyl (C=O) groups excluding carboxylic acids is 3. The Morgan fingerprint density at radius 1 is 1.30 bits per heavy atom. The summed E-state index contributed by atoms with van der Waals surface area (Å²) in [5.41, 5.74) is 0. The zero-order valence-corrected chi connectivity index (χ0v) is 12.4. The third-order valence-electron chi connectivity index (χ3n) is 3.60. The van der Waals surface area contributed by atoms with Crippen molar-refractivity contribution in [2.45, 2.75) is 64.8 Å². The van der Waals surface area contributed by atoms with Crippen LogP contribution in [-0.2, 0) is 19.1 Å². The van der Waals surface area contributed by atoms with Crippen molar-refractivity contribution in [3.05, 3.63) is 0 Å². The first kappa shape index (κ1) is 16.7. The first-order chi connectivity index (χ1) is 9.60. The van der Waals surface area contributed by atoms with Crippen LogP contribution in [-0.4, -0.2) is 30.3 Å². The van der Waals surface area contributed by atoms with Crippen molar-refractivity contribution in [2.75, 3.05) is 6.61 Å². The molecule has 0 radical (unpaired) electrons. The summed E-state index contributed by atoms with van der Waals surface area (Å²) in [6.07, 6.45) is 5.43. The summed E-state index contributed by atoms with van der Waals surface area (Å²) in [6, 6.07) is -0.511. The van der Waals surface area contributed by atoms with Crippen molar-refractivity contribution in [1.29, 1.82) is 0 Å².